The van der Waals surface area contributed by atoms with E-state index in [1.54, 1.807) is 36.6 Å². The summed E-state index contributed by atoms with van der Waals surface area (Å²) in [7, 11) is -0.337. The minimum atomic E-state index is -3.44. The first-order valence-electron chi connectivity index (χ1n) is 8.25. The van der Waals surface area contributed by atoms with E-state index in [0.717, 1.165) is 29.2 Å². The monoisotopic (exact) mass is 395 g/mol. The van der Waals surface area contributed by atoms with Gasteiger partial charge in [0.15, 0.2) is 5.96 Å². The van der Waals surface area contributed by atoms with Crippen molar-refractivity contribution in [2.45, 2.75) is 31.7 Å². The van der Waals surface area contributed by atoms with Crippen molar-refractivity contribution < 1.29 is 8.42 Å². The molecule has 0 spiro atoms. The molecule has 26 heavy (non-hydrogen) atoms. The Morgan fingerprint density at radius 1 is 1.27 bits per heavy atom. The number of nitrogens with zero attached hydrogens (tertiary/aromatic N) is 2. The Hall–Kier alpha value is -1.97. The minimum Gasteiger partial charge on any atom is -0.356 e. The number of hydrogen-bond donors (Lipinski definition) is 3. The van der Waals surface area contributed by atoms with Crippen molar-refractivity contribution in [1.29, 1.82) is 0 Å². The lowest BCUT2D eigenvalue weighted by molar-refractivity contribution is 0.588. The molecule has 0 amide bonds. The van der Waals surface area contributed by atoms with Crippen LogP contribution in [0.15, 0.2) is 34.2 Å². The summed E-state index contributed by atoms with van der Waals surface area (Å²) in [4.78, 5) is 10.2. The van der Waals surface area contributed by atoms with Crippen LogP contribution in [-0.2, 0) is 23.0 Å². The highest BCUT2D eigenvalue weighted by molar-refractivity contribution is 7.89. The SMILES string of the molecule is CN=C(NCCc1nc(C)c(C)s1)NCc1cccc(S(=O)(=O)NC)c1. The number of benzene rings is 1. The number of rotatable bonds is 7. The molecule has 0 atom stereocenters. The van der Waals surface area contributed by atoms with Gasteiger partial charge in [0.25, 0.3) is 0 Å². The lowest BCUT2D eigenvalue weighted by Gasteiger charge is -2.12. The van der Waals surface area contributed by atoms with Gasteiger partial charge in [-0.2, -0.15) is 0 Å². The number of hydrogen-bond acceptors (Lipinski definition) is 5. The molecule has 0 saturated heterocycles. The van der Waals surface area contributed by atoms with Gasteiger partial charge in [0, 0.05) is 31.4 Å². The first-order chi connectivity index (χ1) is 12.4. The molecule has 2 rings (SSSR count). The molecule has 0 aliphatic rings. The van der Waals surface area contributed by atoms with Gasteiger partial charge < -0.3 is 10.6 Å². The van der Waals surface area contributed by atoms with Crippen molar-refractivity contribution in [3.8, 4) is 0 Å². The Morgan fingerprint density at radius 3 is 2.65 bits per heavy atom. The van der Waals surface area contributed by atoms with Crippen LogP contribution in [-0.4, -0.2) is 40.0 Å². The van der Waals surface area contributed by atoms with Crippen molar-refractivity contribution in [3.05, 3.63) is 45.4 Å². The van der Waals surface area contributed by atoms with E-state index >= 15 is 0 Å². The van der Waals surface area contributed by atoms with Crippen molar-refractivity contribution in [2.24, 2.45) is 4.99 Å². The summed E-state index contributed by atoms with van der Waals surface area (Å²) >= 11 is 1.72. The molecule has 0 unspecified atom stereocenters. The molecule has 7 nitrogen and oxygen atoms in total. The molecule has 0 fully saturated rings. The second kappa shape index (κ2) is 9.11. The van der Waals surface area contributed by atoms with Gasteiger partial charge in [-0.05, 0) is 38.6 Å². The quantitative estimate of drug-likeness (QED) is 0.489. The standard InChI is InChI=1S/C17H25N5O2S2/c1-12-13(2)25-16(22-12)8-9-20-17(18-3)21-11-14-6-5-7-15(10-14)26(23,24)19-4/h5-7,10,19H,8-9,11H2,1-4H3,(H2,18,20,21). The Labute approximate surface area is 159 Å². The van der Waals surface area contributed by atoms with Crippen molar-refractivity contribution in [3.63, 3.8) is 0 Å². The van der Waals surface area contributed by atoms with Crippen LogP contribution >= 0.6 is 11.3 Å². The molecule has 142 valence electrons. The first kappa shape index (κ1) is 20.3. The zero-order chi connectivity index (χ0) is 19.2. The summed E-state index contributed by atoms with van der Waals surface area (Å²) in [6.07, 6.45) is 0.829. The smallest absolute Gasteiger partial charge is 0.240 e. The molecule has 0 aliphatic carbocycles. The van der Waals surface area contributed by atoms with Gasteiger partial charge in [-0.3, -0.25) is 4.99 Å². The highest BCUT2D eigenvalue weighted by atomic mass is 32.2. The van der Waals surface area contributed by atoms with E-state index in [1.165, 1.54) is 11.9 Å². The number of aryl methyl sites for hydroxylation is 2. The van der Waals surface area contributed by atoms with Gasteiger partial charge in [-0.15, -0.1) is 11.3 Å². The largest absolute Gasteiger partial charge is 0.356 e. The predicted molar refractivity (Wildman–Crippen MR) is 106 cm³/mol. The van der Waals surface area contributed by atoms with E-state index < -0.39 is 10.0 Å². The average Bonchev–Trinajstić information content (AvgIpc) is 2.96. The summed E-state index contributed by atoms with van der Waals surface area (Å²) in [5, 5.41) is 7.54. The number of nitrogens with one attached hydrogen (secondary N) is 3. The Bertz CT molecular complexity index is 856. The fourth-order valence-electron chi connectivity index (χ4n) is 2.28. The lowest BCUT2D eigenvalue weighted by atomic mass is 10.2. The first-order valence-corrected chi connectivity index (χ1v) is 10.6. The van der Waals surface area contributed by atoms with Gasteiger partial charge in [0.05, 0.1) is 15.6 Å². The van der Waals surface area contributed by atoms with Crippen LogP contribution in [0, 0.1) is 13.8 Å². The van der Waals surface area contributed by atoms with Crippen molar-refractivity contribution in [1.82, 2.24) is 20.3 Å². The third kappa shape index (κ3) is 5.52. The fraction of sp³-hybridized carbons (Fsp3) is 0.412. The second-order valence-electron chi connectivity index (χ2n) is 5.71. The van der Waals surface area contributed by atoms with Crippen LogP contribution in [0.2, 0.25) is 0 Å². The maximum Gasteiger partial charge on any atom is 0.240 e. The van der Waals surface area contributed by atoms with Gasteiger partial charge in [-0.1, -0.05) is 12.1 Å². The van der Waals surface area contributed by atoms with E-state index in [4.69, 9.17) is 0 Å². The van der Waals surface area contributed by atoms with Crippen LogP contribution in [0.5, 0.6) is 0 Å². The summed E-state index contributed by atoms with van der Waals surface area (Å²) in [5.74, 6) is 0.664. The number of sulfonamides is 1. The summed E-state index contributed by atoms with van der Waals surface area (Å²) in [6, 6.07) is 6.81. The predicted octanol–water partition coefficient (Wildman–Crippen LogP) is 1.58. The van der Waals surface area contributed by atoms with Crippen LogP contribution in [0.3, 0.4) is 0 Å². The van der Waals surface area contributed by atoms with E-state index in [-0.39, 0.29) is 4.90 Å². The number of aliphatic imine (C=N–C) groups is 1. The van der Waals surface area contributed by atoms with Gasteiger partial charge in [0.2, 0.25) is 10.0 Å². The minimum absolute atomic E-state index is 0.247. The van der Waals surface area contributed by atoms with E-state index in [9.17, 15) is 8.42 Å². The molecule has 1 aromatic heterocycles. The number of thiazole rings is 1. The molecule has 0 saturated carbocycles. The van der Waals surface area contributed by atoms with E-state index in [2.05, 4.69) is 32.3 Å². The molecule has 0 aliphatic heterocycles. The molecule has 1 heterocycles. The lowest BCUT2D eigenvalue weighted by Crippen LogP contribution is -2.37. The Morgan fingerprint density at radius 2 is 2.04 bits per heavy atom. The molecule has 0 radical (unpaired) electrons. The zero-order valence-electron chi connectivity index (χ0n) is 15.5. The van der Waals surface area contributed by atoms with Gasteiger partial charge >= 0.3 is 0 Å². The molecule has 0 bridgehead atoms. The average molecular weight is 396 g/mol. The number of guanidine groups is 1. The third-order valence-corrected chi connectivity index (χ3v) is 6.41. The van der Waals surface area contributed by atoms with E-state index in [1.807, 2.05) is 13.0 Å². The maximum atomic E-state index is 11.9. The highest BCUT2D eigenvalue weighted by Crippen LogP contribution is 2.16. The highest BCUT2D eigenvalue weighted by Gasteiger charge is 2.11. The van der Waals surface area contributed by atoms with Gasteiger partial charge in [0.1, 0.15) is 0 Å². The fourth-order valence-corrected chi connectivity index (χ4v) is 4.01. The molecular weight excluding hydrogens is 370 g/mol. The second-order valence-corrected chi connectivity index (χ2v) is 8.88. The Balaban J connectivity index is 1.88. The third-order valence-electron chi connectivity index (χ3n) is 3.87. The van der Waals surface area contributed by atoms with Crippen LogP contribution in [0.1, 0.15) is 21.1 Å². The molecule has 1 aromatic carbocycles. The van der Waals surface area contributed by atoms with E-state index in [0.29, 0.717) is 12.5 Å². The Kier molecular flexibility index (Phi) is 7.13. The van der Waals surface area contributed by atoms with Crippen LogP contribution in [0.25, 0.3) is 0 Å². The number of aromatic nitrogens is 1. The molecule has 2 aromatic rings. The summed E-state index contributed by atoms with van der Waals surface area (Å²) in [6.45, 7) is 5.29. The maximum absolute atomic E-state index is 11.9. The summed E-state index contributed by atoms with van der Waals surface area (Å²) < 4.78 is 26.1. The van der Waals surface area contributed by atoms with Crippen LogP contribution < -0.4 is 15.4 Å². The topological polar surface area (TPSA) is 95.5 Å². The molecule has 9 heteroatoms. The van der Waals surface area contributed by atoms with Gasteiger partial charge in [-0.25, -0.2) is 18.1 Å². The molecule has 3 N–H and O–H groups in total. The normalized spacial score (nSPS) is 12.2. The zero-order valence-corrected chi connectivity index (χ0v) is 17.1. The molecular formula is C17H25N5O2S2. The summed E-state index contributed by atoms with van der Waals surface area (Å²) in [5.41, 5.74) is 1.94. The van der Waals surface area contributed by atoms with Crippen LogP contribution in [0.4, 0.5) is 0 Å². The van der Waals surface area contributed by atoms with Crippen molar-refractivity contribution >= 4 is 27.3 Å². The van der Waals surface area contributed by atoms with Crippen molar-refractivity contribution in [2.75, 3.05) is 20.6 Å².